The zero-order chi connectivity index (χ0) is 13.1. The number of imidazole rings is 1. The Morgan fingerprint density at radius 1 is 1.61 bits per heavy atom. The largest absolute Gasteiger partial charge is 0.382 e. The van der Waals surface area contributed by atoms with Crippen LogP contribution in [0.3, 0.4) is 0 Å². The van der Waals surface area contributed by atoms with Gasteiger partial charge in [0.2, 0.25) is 0 Å². The number of hydrogen-bond acceptors (Lipinski definition) is 4. The number of amides is 1. The summed E-state index contributed by atoms with van der Waals surface area (Å²) in [4.78, 5) is 19.3. The molecule has 0 fully saturated rings. The quantitative estimate of drug-likeness (QED) is 0.644. The highest BCUT2D eigenvalue weighted by atomic mass is 16.2. The first kappa shape index (κ1) is 12.2. The topological polar surface area (TPSA) is 112 Å². The zero-order valence-corrected chi connectivity index (χ0v) is 10.3. The molecule has 2 aromatic heterocycles. The van der Waals surface area contributed by atoms with E-state index in [2.05, 4.69) is 25.5 Å². The Labute approximate surface area is 104 Å². The SMILES string of the molecule is CC[C@H](NC(=O)c1cc(N)n[nH]1)c1ncc(C)[nH]1. The molecular formula is C11H16N6O. The van der Waals surface area contributed by atoms with Crippen molar-refractivity contribution in [2.24, 2.45) is 0 Å². The molecule has 0 saturated carbocycles. The van der Waals surface area contributed by atoms with Crippen molar-refractivity contribution < 1.29 is 4.79 Å². The second-order valence-electron chi connectivity index (χ2n) is 4.09. The van der Waals surface area contributed by atoms with Crippen LogP contribution in [-0.2, 0) is 0 Å². The van der Waals surface area contributed by atoms with Crippen LogP contribution in [-0.4, -0.2) is 26.1 Å². The number of carbonyl (C=O) groups excluding carboxylic acids is 1. The standard InChI is InChI=1S/C11H16N6O/c1-3-7(10-13-5-6(2)14-10)15-11(18)8-4-9(12)17-16-8/h4-5,7H,3H2,1-2H3,(H,13,14)(H,15,18)(H3,12,16,17)/t7-/m0/s1. The van der Waals surface area contributed by atoms with Crippen LogP contribution in [0, 0.1) is 6.92 Å². The van der Waals surface area contributed by atoms with E-state index < -0.39 is 0 Å². The van der Waals surface area contributed by atoms with Gasteiger partial charge in [-0.25, -0.2) is 4.98 Å². The predicted octanol–water partition coefficient (Wildman–Crippen LogP) is 0.905. The van der Waals surface area contributed by atoms with E-state index in [-0.39, 0.29) is 11.9 Å². The van der Waals surface area contributed by atoms with Gasteiger partial charge in [0.25, 0.3) is 5.91 Å². The summed E-state index contributed by atoms with van der Waals surface area (Å²) < 4.78 is 0. The molecule has 0 aliphatic rings. The number of carbonyl (C=O) groups is 1. The molecule has 0 aliphatic carbocycles. The number of nitrogens with one attached hydrogen (secondary N) is 3. The molecule has 0 saturated heterocycles. The molecule has 7 heteroatoms. The summed E-state index contributed by atoms with van der Waals surface area (Å²) >= 11 is 0. The first-order valence-corrected chi connectivity index (χ1v) is 5.73. The van der Waals surface area contributed by atoms with Crippen LogP contribution < -0.4 is 11.1 Å². The second kappa shape index (κ2) is 4.91. The van der Waals surface area contributed by atoms with E-state index in [9.17, 15) is 4.79 Å². The monoisotopic (exact) mass is 248 g/mol. The van der Waals surface area contributed by atoms with Crippen LogP contribution in [0.1, 0.15) is 41.4 Å². The Hall–Kier alpha value is -2.31. The highest BCUT2D eigenvalue weighted by molar-refractivity contribution is 5.93. The average molecular weight is 248 g/mol. The molecule has 2 heterocycles. The van der Waals surface area contributed by atoms with Gasteiger partial charge in [-0.3, -0.25) is 9.89 Å². The van der Waals surface area contributed by atoms with Gasteiger partial charge < -0.3 is 16.0 Å². The van der Waals surface area contributed by atoms with Crippen LogP contribution in [0.25, 0.3) is 0 Å². The van der Waals surface area contributed by atoms with Crippen LogP contribution in [0.4, 0.5) is 5.82 Å². The fourth-order valence-electron chi connectivity index (χ4n) is 1.66. The van der Waals surface area contributed by atoms with Crippen molar-refractivity contribution in [3.8, 4) is 0 Å². The van der Waals surface area contributed by atoms with Crippen molar-refractivity contribution >= 4 is 11.7 Å². The van der Waals surface area contributed by atoms with Gasteiger partial charge in [0, 0.05) is 18.0 Å². The lowest BCUT2D eigenvalue weighted by molar-refractivity contribution is 0.0928. The van der Waals surface area contributed by atoms with Gasteiger partial charge in [-0.15, -0.1) is 0 Å². The van der Waals surface area contributed by atoms with Crippen molar-refractivity contribution in [1.29, 1.82) is 0 Å². The van der Waals surface area contributed by atoms with E-state index in [1.54, 1.807) is 6.20 Å². The molecule has 0 aliphatic heterocycles. The molecule has 1 atom stereocenters. The van der Waals surface area contributed by atoms with Crippen molar-refractivity contribution in [2.45, 2.75) is 26.3 Å². The van der Waals surface area contributed by atoms with E-state index in [0.717, 1.165) is 17.9 Å². The number of aryl methyl sites for hydroxylation is 1. The normalized spacial score (nSPS) is 12.3. The molecule has 0 unspecified atom stereocenters. The number of H-pyrrole nitrogens is 2. The maximum Gasteiger partial charge on any atom is 0.269 e. The third kappa shape index (κ3) is 2.50. The Balaban J connectivity index is 2.09. The van der Waals surface area contributed by atoms with Gasteiger partial charge in [-0.1, -0.05) is 6.92 Å². The minimum Gasteiger partial charge on any atom is -0.382 e. The van der Waals surface area contributed by atoms with Crippen molar-refractivity contribution in [3.05, 3.63) is 29.5 Å². The number of nitrogens with zero attached hydrogens (tertiary/aromatic N) is 2. The van der Waals surface area contributed by atoms with Crippen LogP contribution >= 0.6 is 0 Å². The molecule has 18 heavy (non-hydrogen) atoms. The van der Waals surface area contributed by atoms with Crippen molar-refractivity contribution in [2.75, 3.05) is 5.73 Å². The van der Waals surface area contributed by atoms with Crippen LogP contribution in [0.5, 0.6) is 0 Å². The van der Waals surface area contributed by atoms with Crippen LogP contribution in [0.15, 0.2) is 12.3 Å². The third-order valence-corrected chi connectivity index (χ3v) is 2.61. The lowest BCUT2D eigenvalue weighted by Gasteiger charge is -2.13. The fraction of sp³-hybridized carbons (Fsp3) is 0.364. The number of rotatable bonds is 4. The highest BCUT2D eigenvalue weighted by Gasteiger charge is 2.17. The number of aromatic nitrogens is 4. The summed E-state index contributed by atoms with van der Waals surface area (Å²) in [5.41, 5.74) is 6.76. The van der Waals surface area contributed by atoms with E-state index in [1.807, 2.05) is 13.8 Å². The van der Waals surface area contributed by atoms with E-state index in [1.165, 1.54) is 6.07 Å². The van der Waals surface area contributed by atoms with E-state index in [0.29, 0.717) is 11.5 Å². The summed E-state index contributed by atoms with van der Waals surface area (Å²) in [6.07, 6.45) is 2.47. The first-order chi connectivity index (χ1) is 8.60. The smallest absolute Gasteiger partial charge is 0.269 e. The lowest BCUT2D eigenvalue weighted by atomic mass is 10.2. The van der Waals surface area contributed by atoms with Gasteiger partial charge in [-0.05, 0) is 13.3 Å². The lowest BCUT2D eigenvalue weighted by Crippen LogP contribution is -2.29. The fourth-order valence-corrected chi connectivity index (χ4v) is 1.66. The van der Waals surface area contributed by atoms with Gasteiger partial charge in [0.15, 0.2) is 0 Å². The number of anilines is 1. The number of nitrogens with two attached hydrogens (primary N) is 1. The van der Waals surface area contributed by atoms with E-state index >= 15 is 0 Å². The predicted molar refractivity (Wildman–Crippen MR) is 66.8 cm³/mol. The molecule has 0 bridgehead atoms. The summed E-state index contributed by atoms with van der Waals surface area (Å²) in [6.45, 7) is 3.89. The number of aromatic amines is 2. The Morgan fingerprint density at radius 2 is 2.39 bits per heavy atom. The molecule has 2 aromatic rings. The maximum atomic E-state index is 11.9. The summed E-state index contributed by atoms with van der Waals surface area (Å²) in [5.74, 6) is 0.790. The van der Waals surface area contributed by atoms with E-state index in [4.69, 9.17) is 5.73 Å². The molecule has 7 nitrogen and oxygen atoms in total. The molecule has 1 amide bonds. The van der Waals surface area contributed by atoms with Crippen LogP contribution in [0.2, 0.25) is 0 Å². The first-order valence-electron chi connectivity index (χ1n) is 5.73. The number of hydrogen-bond donors (Lipinski definition) is 4. The molecule has 0 spiro atoms. The minimum absolute atomic E-state index is 0.157. The summed E-state index contributed by atoms with van der Waals surface area (Å²) in [5, 5.41) is 9.16. The summed E-state index contributed by atoms with van der Waals surface area (Å²) in [6, 6.07) is 1.34. The van der Waals surface area contributed by atoms with Crippen molar-refractivity contribution in [1.82, 2.24) is 25.5 Å². The van der Waals surface area contributed by atoms with Crippen molar-refractivity contribution in [3.63, 3.8) is 0 Å². The Kier molecular flexibility index (Phi) is 3.31. The van der Waals surface area contributed by atoms with Gasteiger partial charge in [0.05, 0.1) is 6.04 Å². The van der Waals surface area contributed by atoms with Gasteiger partial charge in [-0.2, -0.15) is 5.10 Å². The minimum atomic E-state index is -0.250. The highest BCUT2D eigenvalue weighted by Crippen LogP contribution is 2.13. The molecular weight excluding hydrogens is 232 g/mol. The number of nitrogen functional groups attached to an aromatic ring is 1. The second-order valence-corrected chi connectivity index (χ2v) is 4.09. The summed E-state index contributed by atoms with van der Waals surface area (Å²) in [7, 11) is 0. The maximum absolute atomic E-state index is 11.9. The molecule has 96 valence electrons. The average Bonchev–Trinajstić information content (AvgIpc) is 2.94. The van der Waals surface area contributed by atoms with Gasteiger partial charge in [0.1, 0.15) is 17.3 Å². The third-order valence-electron chi connectivity index (χ3n) is 2.61. The Bertz CT molecular complexity index is 543. The Morgan fingerprint density at radius 3 is 2.89 bits per heavy atom. The molecule has 2 rings (SSSR count). The molecule has 5 N–H and O–H groups in total. The molecule has 0 radical (unpaired) electrons. The zero-order valence-electron chi connectivity index (χ0n) is 10.3. The van der Waals surface area contributed by atoms with Gasteiger partial charge >= 0.3 is 0 Å². The molecule has 0 aromatic carbocycles.